The number of aromatic nitrogens is 1. The Morgan fingerprint density at radius 3 is 2.41 bits per heavy atom. The molecule has 7 nitrogen and oxygen atoms in total. The molecule has 1 aliphatic rings. The number of hydrogen-bond acceptors (Lipinski definition) is 7. The Morgan fingerprint density at radius 1 is 1.03 bits per heavy atom. The van der Waals surface area contributed by atoms with Crippen molar-refractivity contribution in [2.45, 2.75) is 13.0 Å². The molecule has 0 aliphatic carbocycles. The summed E-state index contributed by atoms with van der Waals surface area (Å²) in [6.45, 7) is 1.88. The molecule has 0 amide bonds. The van der Waals surface area contributed by atoms with Gasteiger partial charge >= 0.3 is 5.97 Å². The Morgan fingerprint density at radius 2 is 1.74 bits per heavy atom. The van der Waals surface area contributed by atoms with Gasteiger partial charge in [-0.3, -0.25) is 9.36 Å². The first-order chi connectivity index (χ1) is 18.9. The molecule has 5 rings (SSSR count). The maximum absolute atomic E-state index is 13.9. The minimum atomic E-state index is -0.856. The smallest absolute Gasteiger partial charge is 0.338 e. The van der Waals surface area contributed by atoms with Crippen LogP contribution in [-0.2, 0) is 9.53 Å². The Balaban J connectivity index is 1.84. The largest absolute Gasteiger partial charge is 0.493 e. The summed E-state index contributed by atoms with van der Waals surface area (Å²) in [5.41, 5.74) is 2.31. The van der Waals surface area contributed by atoms with Gasteiger partial charge in [-0.1, -0.05) is 59.9 Å². The van der Waals surface area contributed by atoms with E-state index < -0.39 is 12.0 Å². The lowest BCUT2D eigenvalue weighted by Gasteiger charge is -2.26. The lowest BCUT2D eigenvalue weighted by atomic mass is 9.93. The molecule has 0 unspecified atom stereocenters. The number of esters is 1. The van der Waals surface area contributed by atoms with Crippen molar-refractivity contribution in [2.24, 2.45) is 4.99 Å². The molecule has 0 spiro atoms. The van der Waals surface area contributed by atoms with E-state index in [9.17, 15) is 14.0 Å². The molecule has 0 saturated heterocycles. The van der Waals surface area contributed by atoms with Crippen molar-refractivity contribution in [2.75, 3.05) is 20.8 Å². The van der Waals surface area contributed by atoms with E-state index in [2.05, 4.69) is 0 Å². The van der Waals surface area contributed by atoms with Gasteiger partial charge in [0.2, 0.25) is 0 Å². The van der Waals surface area contributed by atoms with Crippen LogP contribution < -0.4 is 24.4 Å². The van der Waals surface area contributed by atoms with Crippen molar-refractivity contribution in [3.63, 3.8) is 0 Å². The highest BCUT2D eigenvalue weighted by atomic mass is 32.1. The third-order valence-corrected chi connectivity index (χ3v) is 7.25. The van der Waals surface area contributed by atoms with Crippen LogP contribution in [0.3, 0.4) is 0 Å². The van der Waals surface area contributed by atoms with Crippen LogP contribution in [0.1, 0.15) is 29.7 Å². The number of benzene rings is 3. The van der Waals surface area contributed by atoms with Crippen LogP contribution in [0.2, 0.25) is 0 Å². The fourth-order valence-electron chi connectivity index (χ4n) is 4.49. The molecule has 39 heavy (non-hydrogen) atoms. The van der Waals surface area contributed by atoms with Gasteiger partial charge in [0.1, 0.15) is 5.82 Å². The van der Waals surface area contributed by atoms with E-state index in [1.165, 1.54) is 42.3 Å². The summed E-state index contributed by atoms with van der Waals surface area (Å²) in [4.78, 5) is 32.7. The van der Waals surface area contributed by atoms with Gasteiger partial charge in [-0.15, -0.1) is 0 Å². The molecule has 198 valence electrons. The first-order valence-corrected chi connectivity index (χ1v) is 13.0. The normalized spacial score (nSPS) is 15.0. The van der Waals surface area contributed by atoms with Crippen molar-refractivity contribution < 1.29 is 23.4 Å². The molecule has 0 fully saturated rings. The van der Waals surface area contributed by atoms with Gasteiger partial charge in [-0.25, -0.2) is 14.2 Å². The summed E-state index contributed by atoms with van der Waals surface area (Å²) in [6, 6.07) is 19.6. The van der Waals surface area contributed by atoms with Crippen LogP contribution in [0.5, 0.6) is 11.5 Å². The monoisotopic (exact) mass is 544 g/mol. The SMILES string of the molecule is CCOC(=O)C1=C(c2ccccc2)N=c2s/c(=C\c3ccc(F)cc3)c(=O)n2[C@@H]1c1ccc(OC)c(OC)c1. The number of ether oxygens (including phenoxy) is 3. The second-order valence-electron chi connectivity index (χ2n) is 8.60. The fraction of sp³-hybridized carbons (Fsp3) is 0.167. The van der Waals surface area contributed by atoms with Crippen LogP contribution in [0, 0.1) is 5.82 Å². The molecule has 3 aromatic carbocycles. The molecule has 2 heterocycles. The lowest BCUT2D eigenvalue weighted by molar-refractivity contribution is -0.138. The molecule has 1 aromatic heterocycles. The van der Waals surface area contributed by atoms with Crippen LogP contribution in [0.25, 0.3) is 11.8 Å². The molecule has 4 aromatic rings. The van der Waals surface area contributed by atoms with Crippen LogP contribution in [-0.4, -0.2) is 31.4 Å². The summed E-state index contributed by atoms with van der Waals surface area (Å²) >= 11 is 1.19. The van der Waals surface area contributed by atoms with E-state index in [1.807, 2.05) is 30.3 Å². The predicted octanol–water partition coefficient (Wildman–Crippen LogP) is 4.09. The lowest BCUT2D eigenvalue weighted by Crippen LogP contribution is -2.40. The highest BCUT2D eigenvalue weighted by Crippen LogP contribution is 2.38. The predicted molar refractivity (Wildman–Crippen MR) is 147 cm³/mol. The highest BCUT2D eigenvalue weighted by Gasteiger charge is 2.35. The van der Waals surface area contributed by atoms with Crippen LogP contribution in [0.15, 0.2) is 88.2 Å². The first kappa shape index (κ1) is 26.1. The number of carbonyl (C=O) groups is 1. The van der Waals surface area contributed by atoms with Crippen LogP contribution in [0.4, 0.5) is 4.39 Å². The number of fused-ring (bicyclic) bond motifs is 1. The third kappa shape index (κ3) is 5.00. The minimum absolute atomic E-state index is 0.151. The summed E-state index contributed by atoms with van der Waals surface area (Å²) < 4.78 is 31.8. The van der Waals surface area contributed by atoms with Crippen LogP contribution >= 0.6 is 11.3 Å². The van der Waals surface area contributed by atoms with Gasteiger partial charge in [0.15, 0.2) is 16.3 Å². The van der Waals surface area contributed by atoms with E-state index in [0.29, 0.717) is 43.2 Å². The molecular weight excluding hydrogens is 519 g/mol. The van der Waals surface area contributed by atoms with Crippen molar-refractivity contribution in [3.05, 3.63) is 121 Å². The number of carbonyl (C=O) groups excluding carboxylic acids is 1. The molecule has 1 aliphatic heterocycles. The van der Waals surface area contributed by atoms with Crippen molar-refractivity contribution >= 4 is 29.1 Å². The van der Waals surface area contributed by atoms with E-state index >= 15 is 0 Å². The van der Waals surface area contributed by atoms with E-state index in [1.54, 1.807) is 43.3 Å². The first-order valence-electron chi connectivity index (χ1n) is 12.2. The minimum Gasteiger partial charge on any atom is -0.493 e. The zero-order valence-corrected chi connectivity index (χ0v) is 22.3. The number of halogens is 1. The quantitative estimate of drug-likeness (QED) is 0.328. The van der Waals surface area contributed by atoms with Gasteiger partial charge in [0.25, 0.3) is 5.56 Å². The molecular formula is C30H25FN2O5S. The molecule has 0 radical (unpaired) electrons. The van der Waals surface area contributed by atoms with Gasteiger partial charge in [-0.05, 0) is 48.4 Å². The Bertz CT molecular complexity index is 1740. The Kier molecular flexibility index (Phi) is 7.42. The summed E-state index contributed by atoms with van der Waals surface area (Å²) in [5.74, 6) is 0.0150. The van der Waals surface area contributed by atoms with Crippen molar-refractivity contribution in [3.8, 4) is 11.5 Å². The number of methoxy groups -OCH3 is 2. The second-order valence-corrected chi connectivity index (χ2v) is 9.61. The second kappa shape index (κ2) is 11.1. The molecule has 1 atom stereocenters. The van der Waals surface area contributed by atoms with E-state index in [-0.39, 0.29) is 23.6 Å². The summed E-state index contributed by atoms with van der Waals surface area (Å²) in [5, 5.41) is 0. The third-order valence-electron chi connectivity index (χ3n) is 6.26. The standard InChI is InChI=1S/C30H25FN2O5S/c1-4-38-29(35)25-26(19-8-6-5-7-9-19)32-30-33(27(25)20-12-15-22(36-2)23(17-20)37-3)28(34)24(39-30)16-18-10-13-21(31)14-11-18/h5-17,27H,4H2,1-3H3/b24-16-/t27-/m1/s1. The number of thiazole rings is 1. The number of nitrogens with zero attached hydrogens (tertiary/aromatic N) is 2. The molecule has 0 bridgehead atoms. The van der Waals surface area contributed by atoms with Gasteiger partial charge in [0, 0.05) is 5.56 Å². The number of hydrogen-bond donors (Lipinski definition) is 0. The van der Waals surface area contributed by atoms with E-state index in [4.69, 9.17) is 19.2 Å². The average Bonchev–Trinajstić information content (AvgIpc) is 3.27. The molecule has 0 saturated carbocycles. The average molecular weight is 545 g/mol. The maximum atomic E-state index is 13.9. The van der Waals surface area contributed by atoms with Crippen molar-refractivity contribution in [1.29, 1.82) is 0 Å². The molecule has 0 N–H and O–H groups in total. The Labute approximate surface area is 227 Å². The maximum Gasteiger partial charge on any atom is 0.338 e. The zero-order valence-electron chi connectivity index (χ0n) is 21.5. The van der Waals surface area contributed by atoms with E-state index in [0.717, 1.165) is 0 Å². The summed E-state index contributed by atoms with van der Waals surface area (Å²) in [7, 11) is 3.06. The highest BCUT2D eigenvalue weighted by molar-refractivity contribution is 7.07. The number of rotatable bonds is 7. The summed E-state index contributed by atoms with van der Waals surface area (Å²) in [6.07, 6.45) is 1.69. The van der Waals surface area contributed by atoms with Gasteiger partial charge in [-0.2, -0.15) is 0 Å². The van der Waals surface area contributed by atoms with Crippen molar-refractivity contribution in [1.82, 2.24) is 4.57 Å². The zero-order chi connectivity index (χ0) is 27.5. The van der Waals surface area contributed by atoms with Gasteiger partial charge < -0.3 is 14.2 Å². The topological polar surface area (TPSA) is 79.1 Å². The van der Waals surface area contributed by atoms with Gasteiger partial charge in [0.05, 0.1) is 42.7 Å². The fourth-order valence-corrected chi connectivity index (χ4v) is 5.49. The Hall–Kier alpha value is -4.50. The molecule has 9 heteroatoms.